The number of nitrogens with zero attached hydrogens (tertiary/aromatic N) is 2. The predicted molar refractivity (Wildman–Crippen MR) is 71.2 cm³/mol. The molecule has 0 aliphatic heterocycles. The van der Waals surface area contributed by atoms with Gasteiger partial charge in [0.25, 0.3) is 0 Å². The topological polar surface area (TPSA) is 52.1 Å². The number of ketones is 1. The second-order valence-electron chi connectivity index (χ2n) is 5.75. The van der Waals surface area contributed by atoms with E-state index >= 15 is 0 Å². The Bertz CT molecular complexity index is 473. The summed E-state index contributed by atoms with van der Waals surface area (Å²) in [4.78, 5) is 20.1. The highest BCUT2D eigenvalue weighted by molar-refractivity contribution is 5.79. The Kier molecular flexibility index (Phi) is 3.49. The van der Waals surface area contributed by atoms with Gasteiger partial charge in [-0.1, -0.05) is 0 Å². The van der Waals surface area contributed by atoms with Crippen LogP contribution in [-0.4, -0.2) is 22.4 Å². The number of carbonyl (C=O) groups is 1. The molecule has 2 aliphatic carbocycles. The Balaban J connectivity index is 1.76. The Morgan fingerprint density at radius 3 is 2.68 bits per heavy atom. The van der Waals surface area contributed by atoms with Crippen molar-refractivity contribution in [2.45, 2.75) is 51.4 Å². The summed E-state index contributed by atoms with van der Waals surface area (Å²) < 4.78 is 5.89. The van der Waals surface area contributed by atoms with Crippen molar-refractivity contribution in [3.63, 3.8) is 0 Å². The molecule has 2 fully saturated rings. The van der Waals surface area contributed by atoms with Crippen LogP contribution in [0.1, 0.15) is 55.8 Å². The molecule has 19 heavy (non-hydrogen) atoms. The fraction of sp³-hybridized carbons (Fsp3) is 0.667. The molecule has 0 amide bonds. The van der Waals surface area contributed by atoms with E-state index in [1.54, 1.807) is 0 Å². The van der Waals surface area contributed by atoms with Gasteiger partial charge in [-0.05, 0) is 44.4 Å². The molecule has 0 radical (unpaired) electrons. The first-order valence-electron chi connectivity index (χ1n) is 7.20. The van der Waals surface area contributed by atoms with E-state index in [-0.39, 0.29) is 0 Å². The third kappa shape index (κ3) is 3.11. The lowest BCUT2D eigenvalue weighted by Gasteiger charge is -2.22. The second kappa shape index (κ2) is 5.27. The maximum absolute atomic E-state index is 11.3. The van der Waals surface area contributed by atoms with Gasteiger partial charge in [0, 0.05) is 24.6 Å². The molecule has 2 aliphatic rings. The molecule has 0 aromatic carbocycles. The second-order valence-corrected chi connectivity index (χ2v) is 5.75. The maximum atomic E-state index is 11.3. The van der Waals surface area contributed by atoms with Crippen molar-refractivity contribution in [1.29, 1.82) is 0 Å². The van der Waals surface area contributed by atoms with Gasteiger partial charge in [0.1, 0.15) is 11.6 Å². The molecule has 0 unspecified atom stereocenters. The van der Waals surface area contributed by atoms with Crippen LogP contribution in [0, 0.1) is 12.8 Å². The van der Waals surface area contributed by atoms with Crippen molar-refractivity contribution in [3.8, 4) is 5.88 Å². The van der Waals surface area contributed by atoms with Gasteiger partial charge < -0.3 is 4.74 Å². The monoisotopic (exact) mass is 260 g/mol. The molecular formula is C15H20N2O2. The maximum Gasteiger partial charge on any atom is 0.220 e. The number of Topliss-reactive ketones (excluding diaryl/α,β-unsaturated/α-hetero) is 1. The minimum absolute atomic E-state index is 0.379. The fourth-order valence-corrected chi connectivity index (χ4v) is 2.59. The number of aromatic nitrogens is 2. The van der Waals surface area contributed by atoms with Crippen LogP contribution in [0.25, 0.3) is 0 Å². The molecule has 4 heteroatoms. The number of rotatable bonds is 4. The van der Waals surface area contributed by atoms with E-state index in [0.29, 0.717) is 24.5 Å². The quantitative estimate of drug-likeness (QED) is 0.835. The highest BCUT2D eigenvalue weighted by Gasteiger charge is 2.26. The van der Waals surface area contributed by atoms with E-state index in [0.717, 1.165) is 42.6 Å². The molecule has 1 aromatic rings. The lowest BCUT2D eigenvalue weighted by molar-refractivity contribution is -0.120. The lowest BCUT2D eigenvalue weighted by Crippen LogP contribution is -2.15. The Labute approximate surface area is 113 Å². The van der Waals surface area contributed by atoms with E-state index < -0.39 is 0 Å². The minimum atomic E-state index is 0.379. The van der Waals surface area contributed by atoms with Gasteiger partial charge in [-0.3, -0.25) is 4.79 Å². The number of hydrogen-bond acceptors (Lipinski definition) is 4. The van der Waals surface area contributed by atoms with Crippen molar-refractivity contribution >= 4 is 5.78 Å². The van der Waals surface area contributed by atoms with E-state index in [4.69, 9.17) is 4.74 Å². The van der Waals surface area contributed by atoms with Crippen molar-refractivity contribution in [3.05, 3.63) is 17.6 Å². The van der Waals surface area contributed by atoms with Crippen LogP contribution in [0.4, 0.5) is 0 Å². The van der Waals surface area contributed by atoms with Gasteiger partial charge in [0.2, 0.25) is 5.88 Å². The molecule has 0 spiro atoms. The summed E-state index contributed by atoms with van der Waals surface area (Å²) in [6.07, 6.45) is 7.62. The Morgan fingerprint density at radius 1 is 1.26 bits per heavy atom. The zero-order valence-corrected chi connectivity index (χ0v) is 11.4. The van der Waals surface area contributed by atoms with Crippen LogP contribution in [0.15, 0.2) is 6.20 Å². The van der Waals surface area contributed by atoms with Gasteiger partial charge in [-0.15, -0.1) is 0 Å². The summed E-state index contributed by atoms with van der Waals surface area (Å²) >= 11 is 0. The van der Waals surface area contributed by atoms with Crippen molar-refractivity contribution in [2.24, 2.45) is 5.92 Å². The van der Waals surface area contributed by atoms with Crippen LogP contribution in [0.5, 0.6) is 5.88 Å². The van der Waals surface area contributed by atoms with Crippen molar-refractivity contribution in [1.82, 2.24) is 9.97 Å². The number of aryl methyl sites for hydroxylation is 1. The van der Waals surface area contributed by atoms with Gasteiger partial charge in [-0.25, -0.2) is 4.98 Å². The summed E-state index contributed by atoms with van der Waals surface area (Å²) in [5.74, 6) is 2.98. The third-order valence-electron chi connectivity index (χ3n) is 4.04. The first-order chi connectivity index (χ1) is 9.22. The number of carbonyl (C=O) groups excluding carboxylic acids is 1. The summed E-state index contributed by atoms with van der Waals surface area (Å²) in [7, 11) is 0. The van der Waals surface area contributed by atoms with E-state index in [9.17, 15) is 4.79 Å². The molecule has 1 heterocycles. The largest absolute Gasteiger partial charge is 0.477 e. The first kappa shape index (κ1) is 12.6. The molecule has 2 saturated carbocycles. The molecule has 102 valence electrons. The molecule has 0 bridgehead atoms. The lowest BCUT2D eigenvalue weighted by atomic mass is 9.84. The van der Waals surface area contributed by atoms with Crippen LogP contribution >= 0.6 is 0 Å². The van der Waals surface area contributed by atoms with Gasteiger partial charge in [0.15, 0.2) is 0 Å². The highest BCUT2D eigenvalue weighted by Crippen LogP contribution is 2.36. The zero-order valence-electron chi connectivity index (χ0n) is 11.4. The van der Waals surface area contributed by atoms with E-state index in [2.05, 4.69) is 9.97 Å². The average Bonchev–Trinajstić information content (AvgIpc) is 3.22. The van der Waals surface area contributed by atoms with Crippen LogP contribution in [0.2, 0.25) is 0 Å². The van der Waals surface area contributed by atoms with Crippen LogP contribution < -0.4 is 4.74 Å². The Morgan fingerprint density at radius 2 is 2.00 bits per heavy atom. The first-order valence-corrected chi connectivity index (χ1v) is 7.20. The zero-order chi connectivity index (χ0) is 13.2. The van der Waals surface area contributed by atoms with Crippen LogP contribution in [0.3, 0.4) is 0 Å². The summed E-state index contributed by atoms with van der Waals surface area (Å²) in [5.41, 5.74) is 1.10. The summed E-state index contributed by atoms with van der Waals surface area (Å²) in [5, 5.41) is 0. The number of ether oxygens (including phenoxy) is 1. The van der Waals surface area contributed by atoms with Gasteiger partial charge in [-0.2, -0.15) is 4.98 Å². The van der Waals surface area contributed by atoms with E-state index in [1.807, 2.05) is 13.1 Å². The van der Waals surface area contributed by atoms with Crippen molar-refractivity contribution < 1.29 is 9.53 Å². The molecule has 1 aromatic heterocycles. The minimum Gasteiger partial charge on any atom is -0.477 e. The predicted octanol–water partition coefficient (Wildman–Crippen LogP) is 2.80. The van der Waals surface area contributed by atoms with Gasteiger partial charge >= 0.3 is 0 Å². The third-order valence-corrected chi connectivity index (χ3v) is 4.04. The Hall–Kier alpha value is -1.45. The SMILES string of the molecule is Cc1ncc(C2CCC(=O)CC2)c(OCC2CC2)n1. The molecule has 0 atom stereocenters. The number of hydrogen-bond donors (Lipinski definition) is 0. The summed E-state index contributed by atoms with van der Waals surface area (Å²) in [6, 6.07) is 0. The molecule has 0 N–H and O–H groups in total. The van der Waals surface area contributed by atoms with Crippen molar-refractivity contribution in [2.75, 3.05) is 6.61 Å². The molecular weight excluding hydrogens is 240 g/mol. The highest BCUT2D eigenvalue weighted by atomic mass is 16.5. The summed E-state index contributed by atoms with van der Waals surface area (Å²) in [6.45, 7) is 2.66. The smallest absolute Gasteiger partial charge is 0.220 e. The standard InChI is InChI=1S/C15H20N2O2/c1-10-16-8-14(12-4-6-13(18)7-5-12)15(17-10)19-9-11-2-3-11/h8,11-12H,2-7,9H2,1H3. The van der Waals surface area contributed by atoms with E-state index in [1.165, 1.54) is 12.8 Å². The molecule has 3 rings (SSSR count). The normalized spacial score (nSPS) is 20.6. The van der Waals surface area contributed by atoms with Gasteiger partial charge in [0.05, 0.1) is 6.61 Å². The average molecular weight is 260 g/mol. The molecule has 4 nitrogen and oxygen atoms in total. The van der Waals surface area contributed by atoms with Crippen LogP contribution in [-0.2, 0) is 4.79 Å². The fourth-order valence-electron chi connectivity index (χ4n) is 2.59. The molecule has 0 saturated heterocycles.